The lowest BCUT2D eigenvalue weighted by atomic mass is 10.3. The van der Waals surface area contributed by atoms with Gasteiger partial charge >= 0.3 is 0 Å². The number of carbonyl (C=O) groups excluding carboxylic acids is 1. The van der Waals surface area contributed by atoms with E-state index in [4.69, 9.17) is 0 Å². The predicted octanol–water partition coefficient (Wildman–Crippen LogP) is 0.437. The number of nitrogens with zero attached hydrogens (tertiary/aromatic N) is 4. The van der Waals surface area contributed by atoms with Crippen molar-refractivity contribution in [3.63, 3.8) is 0 Å². The minimum absolute atomic E-state index is 0.275. The molecule has 1 aliphatic heterocycles. The van der Waals surface area contributed by atoms with Gasteiger partial charge < -0.3 is 4.90 Å². The van der Waals surface area contributed by atoms with Gasteiger partial charge in [-0.2, -0.15) is 5.10 Å². The third-order valence-corrected chi connectivity index (χ3v) is 3.23. The van der Waals surface area contributed by atoms with Crippen LogP contribution in [0.15, 0.2) is 18.5 Å². The van der Waals surface area contributed by atoms with E-state index < -0.39 is 0 Å². The van der Waals surface area contributed by atoms with Crippen LogP contribution in [0.4, 0.5) is 0 Å². The molecule has 0 saturated carbocycles. The summed E-state index contributed by atoms with van der Waals surface area (Å²) in [5.41, 5.74) is 0. The van der Waals surface area contributed by atoms with E-state index in [9.17, 15) is 4.79 Å². The quantitative estimate of drug-likeness (QED) is 0.761. The van der Waals surface area contributed by atoms with Crippen LogP contribution in [0.3, 0.4) is 0 Å². The molecule has 1 aromatic heterocycles. The third-order valence-electron chi connectivity index (χ3n) is 3.23. The van der Waals surface area contributed by atoms with Crippen LogP contribution in [-0.2, 0) is 11.3 Å². The molecule has 5 heteroatoms. The first kappa shape index (κ1) is 12.1. The second-order valence-electron chi connectivity index (χ2n) is 4.35. The van der Waals surface area contributed by atoms with Crippen molar-refractivity contribution in [1.82, 2.24) is 19.6 Å². The van der Waals surface area contributed by atoms with Crippen molar-refractivity contribution < 1.29 is 4.79 Å². The van der Waals surface area contributed by atoms with Gasteiger partial charge in [-0.3, -0.25) is 14.4 Å². The molecule has 0 bridgehead atoms. The molecule has 1 amide bonds. The highest BCUT2D eigenvalue weighted by Gasteiger charge is 2.19. The number of aromatic nitrogens is 2. The van der Waals surface area contributed by atoms with Crippen molar-refractivity contribution >= 4 is 5.91 Å². The molecule has 0 N–H and O–H groups in total. The Bertz CT molecular complexity index is 341. The van der Waals surface area contributed by atoms with E-state index in [1.165, 1.54) is 0 Å². The van der Waals surface area contributed by atoms with Gasteiger partial charge in [0.1, 0.15) is 0 Å². The average Bonchev–Trinajstić information content (AvgIpc) is 2.89. The van der Waals surface area contributed by atoms with Crippen LogP contribution in [-0.4, -0.2) is 58.2 Å². The van der Waals surface area contributed by atoms with Crippen molar-refractivity contribution in [2.24, 2.45) is 0 Å². The first-order valence-corrected chi connectivity index (χ1v) is 6.27. The Morgan fingerprint density at radius 3 is 2.59 bits per heavy atom. The number of amides is 1. The van der Waals surface area contributed by atoms with Crippen LogP contribution in [0.5, 0.6) is 0 Å². The highest BCUT2D eigenvalue weighted by molar-refractivity contribution is 5.75. The van der Waals surface area contributed by atoms with Crippen molar-refractivity contribution in [1.29, 1.82) is 0 Å². The predicted molar refractivity (Wildman–Crippen MR) is 65.5 cm³/mol. The van der Waals surface area contributed by atoms with E-state index in [2.05, 4.69) is 10.00 Å². The van der Waals surface area contributed by atoms with Gasteiger partial charge in [-0.25, -0.2) is 0 Å². The molecule has 0 aliphatic carbocycles. The van der Waals surface area contributed by atoms with E-state index in [1.54, 1.807) is 6.20 Å². The molecule has 0 radical (unpaired) electrons. The fourth-order valence-corrected chi connectivity index (χ4v) is 2.12. The van der Waals surface area contributed by atoms with Gasteiger partial charge in [0.2, 0.25) is 5.91 Å². The summed E-state index contributed by atoms with van der Waals surface area (Å²) in [5, 5.41) is 4.18. The summed E-state index contributed by atoms with van der Waals surface area (Å²) in [5.74, 6) is 0.275. The molecule has 0 atom stereocenters. The molecule has 17 heavy (non-hydrogen) atoms. The highest BCUT2D eigenvalue weighted by atomic mass is 16.2. The molecule has 5 nitrogen and oxygen atoms in total. The zero-order valence-electron chi connectivity index (χ0n) is 10.4. The number of hydrogen-bond donors (Lipinski definition) is 0. The Hall–Kier alpha value is -1.36. The smallest absolute Gasteiger partial charge is 0.222 e. The SMILES string of the molecule is CCC(=O)N1CCN(CCn2cccn2)CC1. The Kier molecular flexibility index (Phi) is 4.14. The summed E-state index contributed by atoms with van der Waals surface area (Å²) < 4.78 is 1.95. The molecule has 1 aromatic rings. The standard InChI is InChI=1S/C12H20N4O/c1-2-12(17)15-9-6-14(7-10-15)8-11-16-5-3-4-13-16/h3-5H,2,6-11H2,1H3. The summed E-state index contributed by atoms with van der Waals surface area (Å²) in [4.78, 5) is 15.9. The summed E-state index contributed by atoms with van der Waals surface area (Å²) in [6, 6.07) is 1.94. The minimum atomic E-state index is 0.275. The fourth-order valence-electron chi connectivity index (χ4n) is 2.12. The monoisotopic (exact) mass is 236 g/mol. The maximum absolute atomic E-state index is 11.5. The van der Waals surface area contributed by atoms with Crippen LogP contribution in [0.1, 0.15) is 13.3 Å². The average molecular weight is 236 g/mol. The lowest BCUT2D eigenvalue weighted by molar-refractivity contribution is -0.132. The van der Waals surface area contributed by atoms with Gasteiger partial charge in [0.25, 0.3) is 0 Å². The zero-order chi connectivity index (χ0) is 12.1. The van der Waals surface area contributed by atoms with Crippen molar-refractivity contribution in [2.75, 3.05) is 32.7 Å². The molecule has 2 rings (SSSR count). The zero-order valence-corrected chi connectivity index (χ0v) is 10.4. The summed E-state index contributed by atoms with van der Waals surface area (Å²) in [7, 11) is 0. The van der Waals surface area contributed by atoms with Crippen LogP contribution in [0.25, 0.3) is 0 Å². The molecule has 0 aromatic carbocycles. The van der Waals surface area contributed by atoms with E-state index in [0.29, 0.717) is 6.42 Å². The molecular weight excluding hydrogens is 216 g/mol. The largest absolute Gasteiger partial charge is 0.340 e. The number of carbonyl (C=O) groups is 1. The van der Waals surface area contributed by atoms with E-state index >= 15 is 0 Å². The topological polar surface area (TPSA) is 41.4 Å². The van der Waals surface area contributed by atoms with Gasteiger partial charge in [0.05, 0.1) is 6.54 Å². The number of hydrogen-bond acceptors (Lipinski definition) is 3. The lowest BCUT2D eigenvalue weighted by Crippen LogP contribution is -2.49. The van der Waals surface area contributed by atoms with Gasteiger partial charge in [-0.1, -0.05) is 6.92 Å². The fraction of sp³-hybridized carbons (Fsp3) is 0.667. The van der Waals surface area contributed by atoms with Crippen molar-refractivity contribution in [2.45, 2.75) is 19.9 Å². The Balaban J connectivity index is 1.70. The Morgan fingerprint density at radius 2 is 2.00 bits per heavy atom. The maximum Gasteiger partial charge on any atom is 0.222 e. The number of rotatable bonds is 4. The van der Waals surface area contributed by atoms with E-state index in [0.717, 1.165) is 39.3 Å². The van der Waals surface area contributed by atoms with E-state index in [-0.39, 0.29) is 5.91 Å². The number of piperazine rings is 1. The van der Waals surface area contributed by atoms with Gasteiger partial charge in [-0.15, -0.1) is 0 Å². The molecule has 2 heterocycles. The Morgan fingerprint density at radius 1 is 1.24 bits per heavy atom. The third kappa shape index (κ3) is 3.30. The highest BCUT2D eigenvalue weighted by Crippen LogP contribution is 2.03. The minimum Gasteiger partial charge on any atom is -0.340 e. The second kappa shape index (κ2) is 5.82. The van der Waals surface area contributed by atoms with Crippen molar-refractivity contribution in [3.05, 3.63) is 18.5 Å². The maximum atomic E-state index is 11.5. The summed E-state index contributed by atoms with van der Waals surface area (Å²) in [6.45, 7) is 7.55. The first-order chi connectivity index (χ1) is 8.29. The van der Waals surface area contributed by atoms with Crippen LogP contribution in [0, 0.1) is 0 Å². The molecule has 1 saturated heterocycles. The second-order valence-corrected chi connectivity index (χ2v) is 4.35. The van der Waals surface area contributed by atoms with Crippen LogP contribution < -0.4 is 0 Å². The molecule has 0 unspecified atom stereocenters. The van der Waals surface area contributed by atoms with Gasteiger partial charge in [0, 0.05) is 51.5 Å². The molecule has 94 valence electrons. The van der Waals surface area contributed by atoms with E-state index in [1.807, 2.05) is 28.8 Å². The van der Waals surface area contributed by atoms with Gasteiger partial charge in [0.15, 0.2) is 0 Å². The normalized spacial score (nSPS) is 17.4. The van der Waals surface area contributed by atoms with Gasteiger partial charge in [-0.05, 0) is 6.07 Å². The van der Waals surface area contributed by atoms with Crippen LogP contribution in [0.2, 0.25) is 0 Å². The molecule has 1 fully saturated rings. The van der Waals surface area contributed by atoms with Crippen molar-refractivity contribution in [3.8, 4) is 0 Å². The first-order valence-electron chi connectivity index (χ1n) is 6.27. The lowest BCUT2D eigenvalue weighted by Gasteiger charge is -2.34. The summed E-state index contributed by atoms with van der Waals surface area (Å²) in [6.07, 6.45) is 4.40. The molecule has 0 spiro atoms. The summed E-state index contributed by atoms with van der Waals surface area (Å²) >= 11 is 0. The molecular formula is C12H20N4O. The molecule has 1 aliphatic rings. The van der Waals surface area contributed by atoms with Crippen LogP contribution >= 0.6 is 0 Å². The Labute approximate surface area is 102 Å².